The van der Waals surface area contributed by atoms with Gasteiger partial charge in [0.2, 0.25) is 0 Å². The number of hydrogen-bond acceptors (Lipinski definition) is 3. The fourth-order valence-electron chi connectivity index (χ4n) is 2.40. The quantitative estimate of drug-likeness (QED) is 0.802. The first-order valence-corrected chi connectivity index (χ1v) is 6.47. The van der Waals surface area contributed by atoms with E-state index in [4.69, 9.17) is 9.52 Å². The number of rotatable bonds is 3. The number of nitrogens with zero attached hydrogens (tertiary/aromatic N) is 1. The van der Waals surface area contributed by atoms with Crippen molar-refractivity contribution in [3.8, 4) is 0 Å². The second-order valence-corrected chi connectivity index (χ2v) is 4.80. The van der Waals surface area contributed by atoms with Gasteiger partial charge in [0.15, 0.2) is 0 Å². The Morgan fingerprint density at radius 2 is 2.00 bits per heavy atom. The number of aryl methyl sites for hydroxylation is 1. The summed E-state index contributed by atoms with van der Waals surface area (Å²) in [4.78, 5) is 23.1. The van der Waals surface area contributed by atoms with Crippen LogP contribution < -0.4 is 5.56 Å². The molecule has 0 fully saturated rings. The third-order valence-corrected chi connectivity index (χ3v) is 3.41. The highest BCUT2D eigenvalue weighted by Gasteiger charge is 2.14. The van der Waals surface area contributed by atoms with Crippen molar-refractivity contribution in [3.05, 3.63) is 69.9 Å². The lowest BCUT2D eigenvalue weighted by Gasteiger charge is -2.08. The van der Waals surface area contributed by atoms with Crippen LogP contribution in [0.5, 0.6) is 0 Å². The molecule has 106 valence electrons. The molecule has 0 radical (unpaired) electrons. The van der Waals surface area contributed by atoms with Gasteiger partial charge in [-0.25, -0.2) is 4.79 Å². The van der Waals surface area contributed by atoms with E-state index in [1.807, 2.05) is 24.3 Å². The topological polar surface area (TPSA) is 72.4 Å². The number of para-hydroxylation sites is 1. The van der Waals surface area contributed by atoms with Gasteiger partial charge < -0.3 is 14.1 Å². The normalized spacial score (nSPS) is 10.9. The van der Waals surface area contributed by atoms with Crippen molar-refractivity contribution in [2.45, 2.75) is 13.5 Å². The molecule has 0 aliphatic rings. The zero-order chi connectivity index (χ0) is 15.0. The monoisotopic (exact) mass is 283 g/mol. The fourth-order valence-corrected chi connectivity index (χ4v) is 2.40. The molecule has 0 amide bonds. The zero-order valence-electron chi connectivity index (χ0n) is 11.4. The first-order chi connectivity index (χ1) is 10.1. The number of aromatic carboxylic acids is 1. The van der Waals surface area contributed by atoms with Crippen LogP contribution in [-0.4, -0.2) is 15.6 Å². The molecule has 1 N–H and O–H groups in total. The molecular weight excluding hydrogens is 270 g/mol. The van der Waals surface area contributed by atoms with Crippen LogP contribution in [0.3, 0.4) is 0 Å². The van der Waals surface area contributed by atoms with Crippen LogP contribution in [0.1, 0.15) is 21.9 Å². The van der Waals surface area contributed by atoms with Crippen molar-refractivity contribution in [1.82, 2.24) is 4.57 Å². The first kappa shape index (κ1) is 13.2. The highest BCUT2D eigenvalue weighted by Crippen LogP contribution is 2.17. The maximum absolute atomic E-state index is 12.1. The molecule has 0 bridgehead atoms. The summed E-state index contributed by atoms with van der Waals surface area (Å²) >= 11 is 0. The molecular formula is C16H13NO4. The molecule has 2 heterocycles. The Hall–Kier alpha value is -2.82. The van der Waals surface area contributed by atoms with Gasteiger partial charge in [-0.05, 0) is 30.5 Å². The Balaban J connectivity index is 2.10. The molecule has 2 aromatic heterocycles. The molecule has 1 aromatic carbocycles. The summed E-state index contributed by atoms with van der Waals surface area (Å²) in [7, 11) is 0. The molecule has 0 aliphatic heterocycles. The van der Waals surface area contributed by atoms with Crippen LogP contribution in [0, 0.1) is 6.92 Å². The maximum atomic E-state index is 12.1. The number of hydrogen-bond donors (Lipinski definition) is 1. The summed E-state index contributed by atoms with van der Waals surface area (Å²) < 4.78 is 7.01. The van der Waals surface area contributed by atoms with Gasteiger partial charge in [0, 0.05) is 6.07 Å². The van der Waals surface area contributed by atoms with E-state index in [0.717, 1.165) is 10.9 Å². The summed E-state index contributed by atoms with van der Waals surface area (Å²) in [5.74, 6) is -0.248. The minimum atomic E-state index is -1.03. The van der Waals surface area contributed by atoms with Gasteiger partial charge >= 0.3 is 5.97 Å². The van der Waals surface area contributed by atoms with Gasteiger partial charge in [-0.3, -0.25) is 4.79 Å². The average Bonchev–Trinajstić information content (AvgIpc) is 2.83. The number of fused-ring (bicyclic) bond motifs is 1. The smallest absolute Gasteiger partial charge is 0.339 e. The van der Waals surface area contributed by atoms with Crippen LogP contribution in [-0.2, 0) is 6.54 Å². The van der Waals surface area contributed by atoms with Gasteiger partial charge in [0.05, 0.1) is 12.1 Å². The van der Waals surface area contributed by atoms with E-state index >= 15 is 0 Å². The third-order valence-electron chi connectivity index (χ3n) is 3.41. The molecule has 0 spiro atoms. The highest BCUT2D eigenvalue weighted by molar-refractivity contribution is 5.88. The van der Waals surface area contributed by atoms with Gasteiger partial charge in [0.25, 0.3) is 5.56 Å². The van der Waals surface area contributed by atoms with E-state index in [0.29, 0.717) is 11.5 Å². The highest BCUT2D eigenvalue weighted by atomic mass is 16.4. The lowest BCUT2D eigenvalue weighted by Crippen LogP contribution is -2.19. The van der Waals surface area contributed by atoms with Crippen molar-refractivity contribution in [3.63, 3.8) is 0 Å². The Labute approximate surface area is 120 Å². The van der Waals surface area contributed by atoms with E-state index in [1.165, 1.54) is 12.1 Å². The summed E-state index contributed by atoms with van der Waals surface area (Å²) in [6.07, 6.45) is 0. The van der Waals surface area contributed by atoms with E-state index < -0.39 is 5.97 Å². The summed E-state index contributed by atoms with van der Waals surface area (Å²) in [6, 6.07) is 12.3. The zero-order valence-corrected chi connectivity index (χ0v) is 11.4. The summed E-state index contributed by atoms with van der Waals surface area (Å²) in [6.45, 7) is 1.80. The number of furan rings is 1. The number of aromatic nitrogens is 1. The van der Waals surface area contributed by atoms with Gasteiger partial charge in [0.1, 0.15) is 17.1 Å². The number of carbonyl (C=O) groups is 1. The molecule has 5 nitrogen and oxygen atoms in total. The Kier molecular flexibility index (Phi) is 3.10. The number of carboxylic acid groups (broad SMARTS) is 1. The second kappa shape index (κ2) is 4.94. The van der Waals surface area contributed by atoms with Crippen LogP contribution >= 0.6 is 0 Å². The predicted molar refractivity (Wildman–Crippen MR) is 77.7 cm³/mol. The van der Waals surface area contributed by atoms with Crippen molar-refractivity contribution in [2.24, 2.45) is 0 Å². The second-order valence-electron chi connectivity index (χ2n) is 4.80. The number of benzene rings is 1. The summed E-state index contributed by atoms with van der Waals surface area (Å²) in [5.41, 5.74) is 0.758. The number of pyridine rings is 1. The average molecular weight is 283 g/mol. The van der Waals surface area contributed by atoms with E-state index in [1.54, 1.807) is 17.6 Å². The van der Waals surface area contributed by atoms with Crippen LogP contribution in [0.15, 0.2) is 51.7 Å². The lowest BCUT2D eigenvalue weighted by atomic mass is 10.2. The minimum Gasteiger partial charge on any atom is -0.478 e. The molecule has 3 aromatic rings. The van der Waals surface area contributed by atoms with Crippen molar-refractivity contribution >= 4 is 16.9 Å². The largest absolute Gasteiger partial charge is 0.478 e. The molecule has 3 rings (SSSR count). The molecule has 0 saturated heterocycles. The van der Waals surface area contributed by atoms with E-state index in [9.17, 15) is 9.59 Å². The molecule has 21 heavy (non-hydrogen) atoms. The first-order valence-electron chi connectivity index (χ1n) is 6.47. The SMILES string of the molecule is Cc1oc(Cn2c(=O)ccc3ccccc32)cc1C(=O)O. The van der Waals surface area contributed by atoms with Crippen LogP contribution in [0.25, 0.3) is 10.9 Å². The molecule has 0 aliphatic carbocycles. The molecule has 0 saturated carbocycles. The van der Waals surface area contributed by atoms with Crippen LogP contribution in [0.2, 0.25) is 0 Å². The van der Waals surface area contributed by atoms with Crippen LogP contribution in [0.4, 0.5) is 0 Å². The molecule has 0 unspecified atom stereocenters. The minimum absolute atomic E-state index is 0.123. The maximum Gasteiger partial charge on any atom is 0.339 e. The third kappa shape index (κ3) is 2.33. The van der Waals surface area contributed by atoms with Gasteiger partial charge in [-0.1, -0.05) is 18.2 Å². The molecule has 5 heteroatoms. The van der Waals surface area contributed by atoms with E-state index in [-0.39, 0.29) is 17.7 Å². The van der Waals surface area contributed by atoms with Crippen molar-refractivity contribution < 1.29 is 14.3 Å². The standard InChI is InChI=1S/C16H13NO4/c1-10-13(16(19)20)8-12(21-10)9-17-14-5-3-2-4-11(14)6-7-15(17)18/h2-8H,9H2,1H3,(H,19,20). The van der Waals surface area contributed by atoms with Crippen molar-refractivity contribution in [2.75, 3.05) is 0 Å². The fraction of sp³-hybridized carbons (Fsp3) is 0.125. The number of carboxylic acids is 1. The van der Waals surface area contributed by atoms with E-state index in [2.05, 4.69) is 0 Å². The van der Waals surface area contributed by atoms with Gasteiger partial charge in [-0.15, -0.1) is 0 Å². The lowest BCUT2D eigenvalue weighted by molar-refractivity contribution is 0.0695. The van der Waals surface area contributed by atoms with Gasteiger partial charge in [-0.2, -0.15) is 0 Å². The predicted octanol–water partition coefficient (Wildman–Crippen LogP) is 2.65. The van der Waals surface area contributed by atoms with Crippen molar-refractivity contribution in [1.29, 1.82) is 0 Å². The Morgan fingerprint density at radius 3 is 2.71 bits per heavy atom. The molecule has 0 atom stereocenters. The Bertz CT molecular complexity index is 889. The summed E-state index contributed by atoms with van der Waals surface area (Å²) in [5, 5.41) is 9.99. The Morgan fingerprint density at radius 1 is 1.24 bits per heavy atom.